The maximum Gasteiger partial charge on any atom is 0.300 e. The molecule has 0 bridgehead atoms. The van der Waals surface area contributed by atoms with E-state index in [1.807, 2.05) is 37.3 Å². The molecule has 1 fully saturated rings. The van der Waals surface area contributed by atoms with Gasteiger partial charge in [0.25, 0.3) is 11.7 Å². The van der Waals surface area contributed by atoms with Crippen molar-refractivity contribution in [1.29, 1.82) is 0 Å². The first-order valence-electron chi connectivity index (χ1n) is 10.5. The maximum atomic E-state index is 13.3. The van der Waals surface area contributed by atoms with Crippen LogP contribution in [0.5, 0.6) is 0 Å². The van der Waals surface area contributed by atoms with E-state index in [9.17, 15) is 14.7 Å². The van der Waals surface area contributed by atoms with Crippen LogP contribution in [0.15, 0.2) is 82.8 Å². The molecule has 1 unspecified atom stereocenters. The molecule has 1 saturated heterocycles. The molecule has 3 aromatic carbocycles. The Labute approximate surface area is 195 Å². The van der Waals surface area contributed by atoms with Crippen LogP contribution in [0.4, 0.5) is 5.69 Å². The summed E-state index contributed by atoms with van der Waals surface area (Å²) in [4.78, 5) is 27.9. The molecule has 1 aliphatic heterocycles. The monoisotopic (exact) mass is 457 g/mol. The number of aryl methyl sites for hydroxylation is 2. The third kappa shape index (κ3) is 3.41. The minimum atomic E-state index is -0.934. The molecule has 2 heterocycles. The summed E-state index contributed by atoms with van der Waals surface area (Å²) in [6.07, 6.45) is 0. The van der Waals surface area contributed by atoms with Gasteiger partial charge in [0.1, 0.15) is 23.3 Å². The number of benzene rings is 3. The summed E-state index contributed by atoms with van der Waals surface area (Å²) >= 11 is 6.33. The van der Waals surface area contributed by atoms with Crippen LogP contribution < -0.4 is 4.90 Å². The summed E-state index contributed by atoms with van der Waals surface area (Å²) in [7, 11) is 0. The average molecular weight is 458 g/mol. The van der Waals surface area contributed by atoms with Crippen LogP contribution >= 0.6 is 11.6 Å². The van der Waals surface area contributed by atoms with Crippen molar-refractivity contribution in [3.8, 4) is 0 Å². The zero-order valence-electron chi connectivity index (χ0n) is 18.0. The van der Waals surface area contributed by atoms with E-state index in [1.165, 1.54) is 4.90 Å². The minimum Gasteiger partial charge on any atom is -0.507 e. The van der Waals surface area contributed by atoms with Crippen LogP contribution in [0.25, 0.3) is 16.5 Å². The molecule has 33 heavy (non-hydrogen) atoms. The molecule has 0 spiro atoms. The number of fused-ring (bicyclic) bond motifs is 1. The fraction of sp³-hybridized carbons (Fsp3) is 0.111. The van der Waals surface area contributed by atoms with Gasteiger partial charge in [0.15, 0.2) is 0 Å². The molecule has 6 heteroatoms. The van der Waals surface area contributed by atoms with Crippen molar-refractivity contribution >= 4 is 45.5 Å². The molecule has 1 aromatic heterocycles. The van der Waals surface area contributed by atoms with Crippen LogP contribution in [0.3, 0.4) is 0 Å². The van der Waals surface area contributed by atoms with E-state index in [-0.39, 0.29) is 11.3 Å². The Morgan fingerprint density at radius 1 is 0.970 bits per heavy atom. The van der Waals surface area contributed by atoms with Crippen molar-refractivity contribution in [1.82, 2.24) is 0 Å². The lowest BCUT2D eigenvalue weighted by Crippen LogP contribution is -2.29. The normalized spacial score (nSPS) is 17.8. The van der Waals surface area contributed by atoms with Gasteiger partial charge in [-0.1, -0.05) is 60.1 Å². The number of furan rings is 1. The number of carbonyl (C=O) groups is 2. The summed E-state index contributed by atoms with van der Waals surface area (Å²) < 4.78 is 5.85. The van der Waals surface area contributed by atoms with Crippen molar-refractivity contribution in [2.75, 3.05) is 4.90 Å². The molecular weight excluding hydrogens is 438 g/mol. The predicted octanol–water partition coefficient (Wildman–Crippen LogP) is 6.33. The second kappa shape index (κ2) is 7.94. The quantitative estimate of drug-likeness (QED) is 0.222. The van der Waals surface area contributed by atoms with Crippen LogP contribution in [-0.2, 0) is 9.59 Å². The highest BCUT2D eigenvalue weighted by Gasteiger charge is 2.48. The Hall–Kier alpha value is -3.83. The highest BCUT2D eigenvalue weighted by Crippen LogP contribution is 2.44. The number of ketones is 1. The van der Waals surface area contributed by atoms with E-state index < -0.39 is 17.7 Å². The van der Waals surface area contributed by atoms with E-state index in [2.05, 4.69) is 0 Å². The van der Waals surface area contributed by atoms with Crippen molar-refractivity contribution in [3.63, 3.8) is 0 Å². The van der Waals surface area contributed by atoms with Gasteiger partial charge in [-0.3, -0.25) is 14.5 Å². The highest BCUT2D eigenvalue weighted by atomic mass is 35.5. The smallest absolute Gasteiger partial charge is 0.300 e. The lowest BCUT2D eigenvalue weighted by Gasteiger charge is -2.24. The zero-order valence-corrected chi connectivity index (χ0v) is 18.8. The Balaban J connectivity index is 1.77. The van der Waals surface area contributed by atoms with E-state index in [0.29, 0.717) is 27.8 Å². The van der Waals surface area contributed by atoms with Crippen LogP contribution in [0.1, 0.15) is 28.7 Å². The number of hydrogen-bond donors (Lipinski definition) is 1. The number of nitrogens with zero attached hydrogens (tertiary/aromatic N) is 1. The Bertz CT molecular complexity index is 1460. The number of aliphatic hydroxyl groups excluding tert-OH is 1. The molecule has 0 saturated carbocycles. The maximum absolute atomic E-state index is 13.3. The van der Waals surface area contributed by atoms with Gasteiger partial charge in [-0.05, 0) is 54.4 Å². The summed E-state index contributed by atoms with van der Waals surface area (Å²) in [6.45, 7) is 3.64. The third-order valence-corrected chi connectivity index (χ3v) is 6.36. The molecule has 5 rings (SSSR count). The lowest BCUT2D eigenvalue weighted by molar-refractivity contribution is -0.132. The highest BCUT2D eigenvalue weighted by molar-refractivity contribution is 6.52. The minimum absolute atomic E-state index is 0.0256. The van der Waals surface area contributed by atoms with Gasteiger partial charge < -0.3 is 9.52 Å². The van der Waals surface area contributed by atoms with E-state index in [0.717, 1.165) is 16.3 Å². The zero-order chi connectivity index (χ0) is 23.3. The molecule has 1 amide bonds. The Morgan fingerprint density at radius 2 is 1.73 bits per heavy atom. The molecule has 5 nitrogen and oxygen atoms in total. The second-order valence-corrected chi connectivity index (χ2v) is 8.48. The van der Waals surface area contributed by atoms with Gasteiger partial charge in [0.2, 0.25) is 0 Å². The fourth-order valence-electron chi connectivity index (χ4n) is 4.28. The molecule has 0 aliphatic carbocycles. The van der Waals surface area contributed by atoms with Gasteiger partial charge in [-0.2, -0.15) is 0 Å². The molecule has 1 N–H and O–H groups in total. The first-order valence-corrected chi connectivity index (χ1v) is 10.9. The molecule has 0 radical (unpaired) electrons. The number of rotatable bonds is 3. The van der Waals surface area contributed by atoms with Gasteiger partial charge in [-0.15, -0.1) is 0 Å². The summed E-state index contributed by atoms with van der Waals surface area (Å²) in [6, 6.07) is 20.7. The van der Waals surface area contributed by atoms with E-state index in [1.54, 1.807) is 49.4 Å². The number of amides is 1. The topological polar surface area (TPSA) is 70.8 Å². The number of Topliss-reactive ketones (excluding diaryl/α,β-unsaturated/α-hetero) is 1. The average Bonchev–Trinajstić information content (AvgIpc) is 3.35. The number of aliphatic hydroxyl groups is 1. The fourth-order valence-corrected chi connectivity index (χ4v) is 4.45. The molecule has 4 aromatic rings. The van der Waals surface area contributed by atoms with Crippen molar-refractivity contribution < 1.29 is 19.1 Å². The largest absolute Gasteiger partial charge is 0.507 e. The van der Waals surface area contributed by atoms with Gasteiger partial charge in [0.05, 0.1) is 5.57 Å². The molecule has 1 atom stereocenters. The number of hydrogen-bond acceptors (Lipinski definition) is 4. The molecule has 164 valence electrons. The Kier molecular flexibility index (Phi) is 5.06. The van der Waals surface area contributed by atoms with Crippen molar-refractivity contribution in [2.45, 2.75) is 19.9 Å². The van der Waals surface area contributed by atoms with E-state index in [4.69, 9.17) is 16.0 Å². The van der Waals surface area contributed by atoms with Crippen LogP contribution in [-0.4, -0.2) is 16.8 Å². The SMILES string of the molecule is Cc1ccc(C2/C(=C(/O)c3cccc4ccccc34)C(=O)C(=O)N2c2ccc(C)c(Cl)c2)o1. The second-order valence-electron chi connectivity index (χ2n) is 8.08. The summed E-state index contributed by atoms with van der Waals surface area (Å²) in [5, 5.41) is 13.6. The van der Waals surface area contributed by atoms with Crippen LogP contribution in [0, 0.1) is 13.8 Å². The van der Waals surface area contributed by atoms with Crippen LogP contribution in [0.2, 0.25) is 5.02 Å². The lowest BCUT2D eigenvalue weighted by atomic mass is 9.96. The first-order chi connectivity index (χ1) is 15.9. The van der Waals surface area contributed by atoms with E-state index >= 15 is 0 Å². The number of carbonyl (C=O) groups excluding carboxylic acids is 2. The Morgan fingerprint density at radius 3 is 2.45 bits per heavy atom. The summed E-state index contributed by atoms with van der Waals surface area (Å²) in [5.74, 6) is -0.773. The summed E-state index contributed by atoms with van der Waals surface area (Å²) in [5.41, 5.74) is 1.74. The predicted molar refractivity (Wildman–Crippen MR) is 128 cm³/mol. The van der Waals surface area contributed by atoms with Gasteiger partial charge in [0, 0.05) is 16.3 Å². The number of halogens is 1. The standard InChI is InChI=1S/C27H20ClNO4/c1-15-10-12-18(14-21(15)28)29-24(22-13-11-16(2)33-22)23(26(31)27(29)32)25(30)20-9-5-7-17-6-3-4-8-19(17)20/h3-14,24,30H,1-2H3/b25-23-. The van der Waals surface area contributed by atoms with Gasteiger partial charge in [-0.25, -0.2) is 0 Å². The van der Waals surface area contributed by atoms with Gasteiger partial charge >= 0.3 is 0 Å². The van der Waals surface area contributed by atoms with Crippen molar-refractivity contribution in [2.24, 2.45) is 0 Å². The number of anilines is 1. The molecule has 1 aliphatic rings. The molecular formula is C27H20ClNO4. The van der Waals surface area contributed by atoms with Crippen molar-refractivity contribution in [3.05, 3.63) is 106 Å². The first kappa shape index (κ1) is 21.0. The third-order valence-electron chi connectivity index (χ3n) is 5.95.